The Bertz CT molecular complexity index is 416. The highest BCUT2D eigenvalue weighted by atomic mass is 35.5. The highest BCUT2D eigenvalue weighted by Gasteiger charge is 2.30. The molecule has 2 unspecified atom stereocenters. The van der Waals surface area contributed by atoms with Gasteiger partial charge in [-0.1, -0.05) is 18.5 Å². The van der Waals surface area contributed by atoms with Gasteiger partial charge in [0.15, 0.2) is 5.15 Å². The van der Waals surface area contributed by atoms with Crippen LogP contribution in [0.25, 0.3) is 0 Å². The van der Waals surface area contributed by atoms with Crippen LogP contribution in [-0.4, -0.2) is 24.0 Å². The molecule has 1 amide bonds. The summed E-state index contributed by atoms with van der Waals surface area (Å²) in [5.74, 6) is 0.372. The second-order valence-electron chi connectivity index (χ2n) is 4.52. The molecule has 2 heterocycles. The van der Waals surface area contributed by atoms with E-state index in [2.05, 4.69) is 22.5 Å². The van der Waals surface area contributed by atoms with Crippen LogP contribution < -0.4 is 10.6 Å². The molecule has 2 rings (SSSR count). The average Bonchev–Trinajstić information content (AvgIpc) is 2.70. The zero-order chi connectivity index (χ0) is 12.4. The molecule has 1 saturated heterocycles. The lowest BCUT2D eigenvalue weighted by molar-refractivity contribution is -0.120. The Kier molecular flexibility index (Phi) is 3.64. The van der Waals surface area contributed by atoms with Crippen molar-refractivity contribution in [2.45, 2.75) is 13.8 Å². The molecule has 0 bridgehead atoms. The van der Waals surface area contributed by atoms with E-state index in [4.69, 9.17) is 11.6 Å². The van der Waals surface area contributed by atoms with Crippen molar-refractivity contribution in [2.75, 3.05) is 18.4 Å². The highest BCUT2D eigenvalue weighted by molar-refractivity contribution is 6.32. The third kappa shape index (κ3) is 2.58. The van der Waals surface area contributed by atoms with Crippen LogP contribution in [0.1, 0.15) is 12.5 Å². The number of aromatic nitrogens is 1. The summed E-state index contributed by atoms with van der Waals surface area (Å²) in [6.07, 6.45) is 1.63. The quantitative estimate of drug-likeness (QED) is 0.791. The summed E-state index contributed by atoms with van der Waals surface area (Å²) in [5.41, 5.74) is 1.55. The number of rotatable bonds is 2. The Morgan fingerprint density at radius 3 is 2.94 bits per heavy atom. The molecule has 17 heavy (non-hydrogen) atoms. The van der Waals surface area contributed by atoms with Crippen molar-refractivity contribution >= 4 is 23.2 Å². The Balaban J connectivity index is 2.13. The fourth-order valence-electron chi connectivity index (χ4n) is 2.05. The lowest BCUT2D eigenvalue weighted by Gasteiger charge is -2.15. The number of nitrogens with zero attached hydrogens (tertiary/aromatic N) is 1. The van der Waals surface area contributed by atoms with E-state index in [1.54, 1.807) is 6.20 Å². The largest absolute Gasteiger partial charge is 0.323 e. The van der Waals surface area contributed by atoms with Crippen LogP contribution in [0.5, 0.6) is 0 Å². The Labute approximate surface area is 106 Å². The molecule has 1 fully saturated rings. The topological polar surface area (TPSA) is 54.0 Å². The van der Waals surface area contributed by atoms with Crippen molar-refractivity contribution in [3.63, 3.8) is 0 Å². The molecule has 0 saturated carbocycles. The van der Waals surface area contributed by atoms with Crippen molar-refractivity contribution in [3.8, 4) is 0 Å². The average molecular weight is 254 g/mol. The fourth-order valence-corrected chi connectivity index (χ4v) is 2.30. The van der Waals surface area contributed by atoms with Crippen molar-refractivity contribution in [3.05, 3.63) is 23.0 Å². The molecule has 2 N–H and O–H groups in total. The van der Waals surface area contributed by atoms with Gasteiger partial charge in [-0.15, -0.1) is 0 Å². The number of hydrogen-bond acceptors (Lipinski definition) is 3. The van der Waals surface area contributed by atoms with Gasteiger partial charge in [0.1, 0.15) is 0 Å². The number of nitrogens with one attached hydrogen (secondary N) is 2. The number of carbonyl (C=O) groups excluding carboxylic acids is 1. The van der Waals surface area contributed by atoms with Crippen LogP contribution in [-0.2, 0) is 4.79 Å². The molecule has 0 aliphatic carbocycles. The van der Waals surface area contributed by atoms with Crippen molar-refractivity contribution < 1.29 is 4.79 Å². The molecular formula is C12H16ClN3O. The monoisotopic (exact) mass is 253 g/mol. The summed E-state index contributed by atoms with van der Waals surface area (Å²) in [7, 11) is 0. The van der Waals surface area contributed by atoms with Gasteiger partial charge >= 0.3 is 0 Å². The van der Waals surface area contributed by atoms with Crippen LogP contribution in [0, 0.1) is 18.8 Å². The minimum Gasteiger partial charge on any atom is -0.323 e. The van der Waals surface area contributed by atoms with E-state index >= 15 is 0 Å². The van der Waals surface area contributed by atoms with Crippen molar-refractivity contribution in [1.29, 1.82) is 0 Å². The summed E-state index contributed by atoms with van der Waals surface area (Å²) < 4.78 is 0. The minimum atomic E-state index is 0.00525. The van der Waals surface area contributed by atoms with Gasteiger partial charge in [-0.05, 0) is 31.0 Å². The van der Waals surface area contributed by atoms with Gasteiger partial charge in [-0.3, -0.25) is 4.79 Å². The Hall–Kier alpha value is -1.13. The Morgan fingerprint density at radius 2 is 2.35 bits per heavy atom. The molecule has 1 aliphatic heterocycles. The lowest BCUT2D eigenvalue weighted by Crippen LogP contribution is -2.28. The van der Waals surface area contributed by atoms with E-state index in [0.717, 1.165) is 18.7 Å². The number of aryl methyl sites for hydroxylation is 1. The number of anilines is 1. The minimum absolute atomic E-state index is 0.00525. The highest BCUT2D eigenvalue weighted by Crippen LogP contribution is 2.25. The summed E-state index contributed by atoms with van der Waals surface area (Å²) in [4.78, 5) is 16.1. The zero-order valence-electron chi connectivity index (χ0n) is 9.96. The second kappa shape index (κ2) is 5.02. The van der Waals surface area contributed by atoms with Gasteiger partial charge in [-0.25, -0.2) is 4.98 Å². The predicted molar refractivity (Wildman–Crippen MR) is 68.1 cm³/mol. The molecule has 1 aliphatic rings. The number of halogens is 1. The van der Waals surface area contributed by atoms with Gasteiger partial charge in [0.25, 0.3) is 0 Å². The van der Waals surface area contributed by atoms with Gasteiger partial charge in [0.05, 0.1) is 11.6 Å². The van der Waals surface area contributed by atoms with Crippen molar-refractivity contribution in [2.24, 2.45) is 11.8 Å². The molecule has 0 aromatic carbocycles. The van der Waals surface area contributed by atoms with E-state index in [1.807, 2.05) is 13.0 Å². The first-order valence-corrected chi connectivity index (χ1v) is 6.10. The molecule has 5 heteroatoms. The second-order valence-corrected chi connectivity index (χ2v) is 4.88. The third-order valence-corrected chi connectivity index (χ3v) is 3.50. The van der Waals surface area contributed by atoms with Crippen LogP contribution in [0.4, 0.5) is 5.69 Å². The molecule has 0 spiro atoms. The van der Waals surface area contributed by atoms with Crippen LogP contribution in [0.15, 0.2) is 12.3 Å². The van der Waals surface area contributed by atoms with E-state index in [-0.39, 0.29) is 11.8 Å². The third-order valence-electron chi connectivity index (χ3n) is 3.22. The molecule has 2 atom stereocenters. The molecule has 4 nitrogen and oxygen atoms in total. The number of pyridine rings is 1. The normalized spacial score (nSPS) is 23.7. The number of carbonyl (C=O) groups is 1. The maximum atomic E-state index is 12.1. The van der Waals surface area contributed by atoms with Crippen LogP contribution in [0.3, 0.4) is 0 Å². The van der Waals surface area contributed by atoms with Gasteiger partial charge in [-0.2, -0.15) is 0 Å². The maximum Gasteiger partial charge on any atom is 0.229 e. The maximum absolute atomic E-state index is 12.1. The number of hydrogen-bond donors (Lipinski definition) is 2. The summed E-state index contributed by atoms with van der Waals surface area (Å²) in [6.45, 7) is 5.59. The van der Waals surface area contributed by atoms with E-state index in [1.165, 1.54) is 0 Å². The fraction of sp³-hybridized carbons (Fsp3) is 0.500. The first-order chi connectivity index (χ1) is 8.09. The van der Waals surface area contributed by atoms with E-state index in [9.17, 15) is 4.79 Å². The van der Waals surface area contributed by atoms with Gasteiger partial charge in [0, 0.05) is 12.7 Å². The Morgan fingerprint density at radius 1 is 1.59 bits per heavy atom. The smallest absolute Gasteiger partial charge is 0.229 e. The summed E-state index contributed by atoms with van der Waals surface area (Å²) in [5, 5.41) is 6.43. The summed E-state index contributed by atoms with van der Waals surface area (Å²) >= 11 is 5.98. The van der Waals surface area contributed by atoms with Crippen molar-refractivity contribution in [1.82, 2.24) is 10.3 Å². The van der Waals surface area contributed by atoms with E-state index in [0.29, 0.717) is 16.8 Å². The first kappa shape index (κ1) is 12.3. The van der Waals surface area contributed by atoms with E-state index < -0.39 is 0 Å². The van der Waals surface area contributed by atoms with Gasteiger partial charge in [0.2, 0.25) is 5.91 Å². The number of amides is 1. The SMILES string of the molecule is Cc1ccnc(Cl)c1NC(=O)C1CNCC1C. The molecule has 1 aromatic rings. The van der Waals surface area contributed by atoms with Gasteiger partial charge < -0.3 is 10.6 Å². The molecular weight excluding hydrogens is 238 g/mol. The lowest BCUT2D eigenvalue weighted by atomic mass is 9.97. The summed E-state index contributed by atoms with van der Waals surface area (Å²) in [6, 6.07) is 1.83. The van der Waals surface area contributed by atoms with Crippen LogP contribution >= 0.6 is 11.6 Å². The predicted octanol–water partition coefficient (Wildman–Crippen LogP) is 1.84. The molecule has 0 radical (unpaired) electrons. The standard InChI is InChI=1S/C12H16ClN3O/c1-7-3-4-15-11(13)10(7)16-12(17)9-6-14-5-8(9)2/h3-4,8-9,14H,5-6H2,1-2H3,(H,16,17). The molecule has 92 valence electrons. The zero-order valence-corrected chi connectivity index (χ0v) is 10.7. The molecule has 1 aromatic heterocycles. The van der Waals surface area contributed by atoms with Crippen LogP contribution in [0.2, 0.25) is 5.15 Å². The first-order valence-electron chi connectivity index (χ1n) is 5.72.